The van der Waals surface area contributed by atoms with Gasteiger partial charge in [0.15, 0.2) is 5.72 Å². The van der Waals surface area contributed by atoms with Gasteiger partial charge in [0.1, 0.15) is 11.2 Å². The number of anilines is 1. The number of aliphatic hydroxyl groups is 1. The van der Waals surface area contributed by atoms with E-state index < -0.39 is 11.1 Å². The first-order valence-electron chi connectivity index (χ1n) is 9.09. The van der Waals surface area contributed by atoms with E-state index in [-0.39, 0.29) is 23.1 Å². The standard InChI is InChI=1S/C21H18BrCl2NO3/c22-14-6-4-13(5-7-14)21(28)12-20(10-2-1-3-18(20)26)19(27)25(21)15-8-9-16(23)17(24)11-15/h4-9,11,28H,1-3,10,12H2/t20-,21+/m1/s1. The number of hydrogen-bond acceptors (Lipinski definition) is 3. The first kappa shape index (κ1) is 19.9. The molecule has 2 fully saturated rings. The molecule has 7 heteroatoms. The first-order valence-corrected chi connectivity index (χ1v) is 10.6. The van der Waals surface area contributed by atoms with E-state index >= 15 is 0 Å². The van der Waals surface area contributed by atoms with E-state index in [1.807, 2.05) is 0 Å². The molecule has 1 amide bonds. The normalized spacial score (nSPS) is 27.6. The lowest BCUT2D eigenvalue weighted by atomic mass is 9.70. The van der Waals surface area contributed by atoms with Gasteiger partial charge in [-0.15, -0.1) is 0 Å². The summed E-state index contributed by atoms with van der Waals surface area (Å²) < 4.78 is 0.855. The minimum Gasteiger partial charge on any atom is -0.366 e. The maximum absolute atomic E-state index is 13.6. The van der Waals surface area contributed by atoms with Crippen molar-refractivity contribution in [1.29, 1.82) is 0 Å². The quantitative estimate of drug-likeness (QED) is 0.577. The largest absolute Gasteiger partial charge is 0.366 e. The van der Waals surface area contributed by atoms with Crippen LogP contribution in [0.2, 0.25) is 10.0 Å². The zero-order valence-electron chi connectivity index (χ0n) is 14.9. The maximum atomic E-state index is 13.6. The van der Waals surface area contributed by atoms with E-state index in [0.29, 0.717) is 29.1 Å². The number of halogens is 3. The van der Waals surface area contributed by atoms with Gasteiger partial charge in [-0.3, -0.25) is 14.5 Å². The maximum Gasteiger partial charge on any atom is 0.243 e. The summed E-state index contributed by atoms with van der Waals surface area (Å²) in [4.78, 5) is 27.8. The molecule has 0 radical (unpaired) electrons. The smallest absolute Gasteiger partial charge is 0.243 e. The van der Waals surface area contributed by atoms with Crippen molar-refractivity contribution < 1.29 is 14.7 Å². The fourth-order valence-corrected chi connectivity index (χ4v) is 4.92. The van der Waals surface area contributed by atoms with Gasteiger partial charge in [-0.25, -0.2) is 0 Å². The first-order chi connectivity index (χ1) is 13.3. The Labute approximate surface area is 181 Å². The number of amides is 1. The SMILES string of the molecule is O=C1CCCC[C@@]12C[C@](O)(c1ccc(Br)cc1)N(c1ccc(Cl)c(Cl)c1)C2=O. The Kier molecular flexibility index (Phi) is 5.07. The predicted octanol–water partition coefficient (Wildman–Crippen LogP) is 5.47. The molecule has 1 aliphatic carbocycles. The second-order valence-electron chi connectivity index (χ2n) is 7.45. The molecule has 1 heterocycles. The molecule has 0 bridgehead atoms. The van der Waals surface area contributed by atoms with Gasteiger partial charge in [-0.05, 0) is 43.2 Å². The number of Topliss-reactive ketones (excluding diaryl/α,β-unsaturated/α-hetero) is 1. The van der Waals surface area contributed by atoms with Crippen LogP contribution in [0.15, 0.2) is 46.9 Å². The molecule has 28 heavy (non-hydrogen) atoms. The van der Waals surface area contributed by atoms with E-state index in [1.54, 1.807) is 42.5 Å². The summed E-state index contributed by atoms with van der Waals surface area (Å²) >= 11 is 15.6. The second kappa shape index (κ2) is 7.13. The summed E-state index contributed by atoms with van der Waals surface area (Å²) in [6.07, 6.45) is 2.39. The topological polar surface area (TPSA) is 57.6 Å². The fraction of sp³-hybridized carbons (Fsp3) is 0.333. The molecule has 1 saturated carbocycles. The molecule has 2 aliphatic rings. The zero-order valence-corrected chi connectivity index (χ0v) is 18.0. The summed E-state index contributed by atoms with van der Waals surface area (Å²) in [5.41, 5.74) is -1.89. The number of carbonyl (C=O) groups is 2. The van der Waals surface area contributed by atoms with E-state index in [1.165, 1.54) is 4.90 Å². The van der Waals surface area contributed by atoms with Crippen LogP contribution in [0.4, 0.5) is 5.69 Å². The summed E-state index contributed by atoms with van der Waals surface area (Å²) in [5, 5.41) is 12.4. The number of hydrogen-bond donors (Lipinski definition) is 1. The second-order valence-corrected chi connectivity index (χ2v) is 9.18. The van der Waals surface area contributed by atoms with Crippen molar-refractivity contribution in [2.75, 3.05) is 4.90 Å². The summed E-state index contributed by atoms with van der Waals surface area (Å²) in [6.45, 7) is 0. The lowest BCUT2D eigenvalue weighted by Gasteiger charge is -2.34. The predicted molar refractivity (Wildman–Crippen MR) is 113 cm³/mol. The molecule has 2 atom stereocenters. The molecule has 2 aromatic carbocycles. The Bertz CT molecular complexity index is 965. The van der Waals surface area contributed by atoms with Gasteiger partial charge in [0, 0.05) is 28.6 Å². The monoisotopic (exact) mass is 481 g/mol. The van der Waals surface area contributed by atoms with Gasteiger partial charge in [-0.2, -0.15) is 0 Å². The molecule has 1 N–H and O–H groups in total. The Morgan fingerprint density at radius 1 is 1.00 bits per heavy atom. The minimum absolute atomic E-state index is 0.0273. The lowest BCUT2D eigenvalue weighted by molar-refractivity contribution is -0.141. The van der Waals surface area contributed by atoms with Gasteiger partial charge in [0.25, 0.3) is 0 Å². The van der Waals surface area contributed by atoms with Crippen LogP contribution in [0.3, 0.4) is 0 Å². The molecular weight excluding hydrogens is 465 g/mol. The molecule has 0 unspecified atom stereocenters. The lowest BCUT2D eigenvalue weighted by Crippen LogP contribution is -2.45. The summed E-state index contributed by atoms with van der Waals surface area (Å²) in [7, 11) is 0. The van der Waals surface area contributed by atoms with Crippen molar-refractivity contribution in [3.05, 3.63) is 62.5 Å². The van der Waals surface area contributed by atoms with Crippen LogP contribution in [0.5, 0.6) is 0 Å². The molecule has 1 saturated heterocycles. The van der Waals surface area contributed by atoms with Gasteiger partial charge in [-0.1, -0.05) is 57.7 Å². The number of nitrogens with zero attached hydrogens (tertiary/aromatic N) is 1. The highest BCUT2D eigenvalue weighted by atomic mass is 79.9. The van der Waals surface area contributed by atoms with Crippen LogP contribution in [0, 0.1) is 5.41 Å². The van der Waals surface area contributed by atoms with Crippen molar-refractivity contribution >= 4 is 56.5 Å². The van der Waals surface area contributed by atoms with Crippen LogP contribution in [0.1, 0.15) is 37.7 Å². The molecule has 1 spiro atoms. The number of ketones is 1. The zero-order chi connectivity index (χ0) is 20.1. The van der Waals surface area contributed by atoms with Gasteiger partial charge >= 0.3 is 0 Å². The molecule has 4 nitrogen and oxygen atoms in total. The molecule has 0 aromatic heterocycles. The third-order valence-electron chi connectivity index (χ3n) is 5.79. The van der Waals surface area contributed by atoms with Gasteiger partial charge in [0.05, 0.1) is 10.0 Å². The van der Waals surface area contributed by atoms with E-state index in [9.17, 15) is 14.7 Å². The molecular formula is C21H18BrCl2NO3. The third-order valence-corrected chi connectivity index (χ3v) is 7.06. The van der Waals surface area contributed by atoms with Crippen molar-refractivity contribution in [2.24, 2.45) is 5.41 Å². The highest BCUT2D eigenvalue weighted by molar-refractivity contribution is 9.10. The van der Waals surface area contributed by atoms with Crippen LogP contribution in [0.25, 0.3) is 0 Å². The van der Waals surface area contributed by atoms with E-state index in [0.717, 1.165) is 17.3 Å². The van der Waals surface area contributed by atoms with Gasteiger partial charge < -0.3 is 5.11 Å². The number of carbonyl (C=O) groups excluding carboxylic acids is 2. The Morgan fingerprint density at radius 2 is 1.71 bits per heavy atom. The fourth-order valence-electron chi connectivity index (χ4n) is 4.36. The number of benzene rings is 2. The average molecular weight is 483 g/mol. The van der Waals surface area contributed by atoms with Crippen molar-refractivity contribution in [3.63, 3.8) is 0 Å². The minimum atomic E-state index is -1.65. The molecule has 146 valence electrons. The molecule has 2 aromatic rings. The van der Waals surface area contributed by atoms with Crippen molar-refractivity contribution in [1.82, 2.24) is 0 Å². The van der Waals surface area contributed by atoms with E-state index in [2.05, 4.69) is 15.9 Å². The summed E-state index contributed by atoms with van der Waals surface area (Å²) in [6, 6.07) is 11.9. The Balaban J connectivity index is 1.90. The van der Waals surface area contributed by atoms with Crippen LogP contribution < -0.4 is 4.90 Å². The summed E-state index contributed by atoms with van der Waals surface area (Å²) in [5.74, 6) is -0.470. The molecule has 4 rings (SSSR count). The highest BCUT2D eigenvalue weighted by Gasteiger charge is 2.63. The Morgan fingerprint density at radius 3 is 2.36 bits per heavy atom. The van der Waals surface area contributed by atoms with Crippen LogP contribution in [-0.4, -0.2) is 16.8 Å². The number of rotatable bonds is 2. The third kappa shape index (κ3) is 3.00. The highest BCUT2D eigenvalue weighted by Crippen LogP contribution is 2.54. The van der Waals surface area contributed by atoms with E-state index in [4.69, 9.17) is 23.2 Å². The average Bonchev–Trinajstić information content (AvgIpc) is 2.89. The van der Waals surface area contributed by atoms with Crippen molar-refractivity contribution in [3.8, 4) is 0 Å². The van der Waals surface area contributed by atoms with Gasteiger partial charge in [0.2, 0.25) is 5.91 Å². The Hall–Kier alpha value is -1.40. The van der Waals surface area contributed by atoms with Crippen molar-refractivity contribution in [2.45, 2.75) is 37.8 Å². The van der Waals surface area contributed by atoms with Crippen LogP contribution >= 0.6 is 39.1 Å². The van der Waals surface area contributed by atoms with Crippen LogP contribution in [-0.2, 0) is 15.3 Å². The molecule has 1 aliphatic heterocycles.